The Morgan fingerprint density at radius 2 is 2.18 bits per heavy atom. The zero-order chi connectivity index (χ0) is 8.06. The van der Waals surface area contributed by atoms with Gasteiger partial charge in [0.05, 0.1) is 0 Å². The molecule has 60 valence electrons. The Morgan fingerprint density at radius 3 is 2.82 bits per heavy atom. The maximum absolute atomic E-state index is 11.3. The minimum Gasteiger partial charge on any atom is -0.295 e. The summed E-state index contributed by atoms with van der Waals surface area (Å²) >= 11 is 0. The van der Waals surface area contributed by atoms with Gasteiger partial charge in [0.25, 0.3) is 0 Å². The minimum atomic E-state index is 0.338. The van der Waals surface area contributed by atoms with E-state index in [0.29, 0.717) is 23.0 Å². The fourth-order valence-electron chi connectivity index (χ4n) is 2.47. The number of ketones is 1. The Bertz CT molecular complexity index is 225. The molecule has 0 N–H and O–H groups in total. The van der Waals surface area contributed by atoms with Crippen LogP contribution in [-0.4, -0.2) is 5.78 Å². The van der Waals surface area contributed by atoms with Crippen molar-refractivity contribution in [2.24, 2.45) is 17.3 Å². The number of fused-ring (bicyclic) bond motifs is 1. The van der Waals surface area contributed by atoms with E-state index in [0.717, 1.165) is 6.42 Å². The fraction of sp³-hybridized carbons (Fsp3) is 0.700. The molecule has 1 fully saturated rings. The lowest BCUT2D eigenvalue weighted by Crippen LogP contribution is -2.10. The highest BCUT2D eigenvalue weighted by atomic mass is 16.1. The summed E-state index contributed by atoms with van der Waals surface area (Å²) in [7, 11) is 0. The summed E-state index contributed by atoms with van der Waals surface area (Å²) < 4.78 is 0. The highest BCUT2D eigenvalue weighted by Crippen LogP contribution is 2.48. The van der Waals surface area contributed by atoms with Crippen molar-refractivity contribution in [3.05, 3.63) is 12.2 Å². The lowest BCUT2D eigenvalue weighted by atomic mass is 9.89. The average molecular weight is 150 g/mol. The lowest BCUT2D eigenvalue weighted by molar-refractivity contribution is -0.118. The highest BCUT2D eigenvalue weighted by Gasteiger charge is 2.43. The molecule has 0 heterocycles. The Hall–Kier alpha value is -0.590. The SMILES string of the molecule is CC1(C)CC2C=CC(=O)C2C1. The van der Waals surface area contributed by atoms with Crippen LogP contribution in [0.15, 0.2) is 12.2 Å². The van der Waals surface area contributed by atoms with Crippen LogP contribution in [0.5, 0.6) is 0 Å². The summed E-state index contributed by atoms with van der Waals surface area (Å²) in [4.78, 5) is 11.3. The van der Waals surface area contributed by atoms with Gasteiger partial charge in [-0.2, -0.15) is 0 Å². The summed E-state index contributed by atoms with van der Waals surface area (Å²) in [5.74, 6) is 1.27. The highest BCUT2D eigenvalue weighted by molar-refractivity contribution is 5.94. The van der Waals surface area contributed by atoms with Gasteiger partial charge in [0.15, 0.2) is 5.78 Å². The van der Waals surface area contributed by atoms with Crippen molar-refractivity contribution in [3.63, 3.8) is 0 Å². The second-order valence-corrected chi connectivity index (χ2v) is 4.60. The summed E-state index contributed by atoms with van der Waals surface area (Å²) in [6, 6.07) is 0. The first kappa shape index (κ1) is 7.08. The summed E-state index contributed by atoms with van der Waals surface area (Å²) in [5, 5.41) is 0. The Balaban J connectivity index is 2.22. The first-order valence-electron chi connectivity index (χ1n) is 4.31. The van der Waals surface area contributed by atoms with E-state index in [1.54, 1.807) is 6.08 Å². The van der Waals surface area contributed by atoms with Gasteiger partial charge >= 0.3 is 0 Å². The number of carbonyl (C=O) groups excluding carboxylic acids is 1. The smallest absolute Gasteiger partial charge is 0.159 e. The van der Waals surface area contributed by atoms with Crippen molar-refractivity contribution < 1.29 is 4.79 Å². The average Bonchev–Trinajstić information content (AvgIpc) is 2.31. The molecule has 2 aliphatic carbocycles. The molecular weight excluding hydrogens is 136 g/mol. The quantitative estimate of drug-likeness (QED) is 0.517. The van der Waals surface area contributed by atoms with E-state index in [-0.39, 0.29) is 0 Å². The molecule has 1 nitrogen and oxygen atoms in total. The van der Waals surface area contributed by atoms with Gasteiger partial charge in [0.1, 0.15) is 0 Å². The van der Waals surface area contributed by atoms with Gasteiger partial charge in [-0.1, -0.05) is 19.9 Å². The van der Waals surface area contributed by atoms with Crippen LogP contribution in [0.3, 0.4) is 0 Å². The Kier molecular flexibility index (Phi) is 1.26. The molecule has 2 atom stereocenters. The third-order valence-electron chi connectivity index (χ3n) is 2.95. The standard InChI is InChI=1S/C10H14O/c1-10(2)5-7-3-4-9(11)8(7)6-10/h3-4,7-8H,5-6H2,1-2H3. The topological polar surface area (TPSA) is 17.1 Å². The van der Waals surface area contributed by atoms with E-state index in [1.165, 1.54) is 6.42 Å². The van der Waals surface area contributed by atoms with Gasteiger partial charge in [0.2, 0.25) is 0 Å². The molecule has 0 saturated heterocycles. The molecule has 0 aromatic carbocycles. The van der Waals surface area contributed by atoms with Crippen LogP contribution in [0, 0.1) is 17.3 Å². The minimum absolute atomic E-state index is 0.338. The van der Waals surface area contributed by atoms with Gasteiger partial charge in [-0.05, 0) is 30.3 Å². The zero-order valence-corrected chi connectivity index (χ0v) is 7.13. The molecule has 0 aromatic rings. The summed E-state index contributed by atoms with van der Waals surface area (Å²) in [5.41, 5.74) is 0.399. The van der Waals surface area contributed by atoms with Gasteiger partial charge in [0, 0.05) is 5.92 Å². The molecule has 2 unspecified atom stereocenters. The van der Waals surface area contributed by atoms with Gasteiger partial charge in [-0.15, -0.1) is 0 Å². The molecule has 1 heteroatoms. The van der Waals surface area contributed by atoms with Gasteiger partial charge < -0.3 is 0 Å². The molecule has 0 bridgehead atoms. The van der Waals surface area contributed by atoms with Crippen LogP contribution in [0.25, 0.3) is 0 Å². The predicted octanol–water partition coefficient (Wildman–Crippen LogP) is 2.18. The zero-order valence-electron chi connectivity index (χ0n) is 7.13. The van der Waals surface area contributed by atoms with Crippen molar-refractivity contribution in [2.75, 3.05) is 0 Å². The lowest BCUT2D eigenvalue weighted by Gasteiger charge is -2.16. The van der Waals surface area contributed by atoms with E-state index < -0.39 is 0 Å². The number of carbonyl (C=O) groups is 1. The second kappa shape index (κ2) is 1.96. The molecule has 0 radical (unpaired) electrons. The third kappa shape index (κ3) is 1.03. The molecular formula is C10H14O. The van der Waals surface area contributed by atoms with E-state index in [2.05, 4.69) is 19.9 Å². The Morgan fingerprint density at radius 1 is 1.45 bits per heavy atom. The maximum atomic E-state index is 11.3. The molecule has 1 saturated carbocycles. The van der Waals surface area contributed by atoms with Gasteiger partial charge in [-0.25, -0.2) is 0 Å². The monoisotopic (exact) mass is 150 g/mol. The number of allylic oxidation sites excluding steroid dienone is 2. The van der Waals surface area contributed by atoms with E-state index >= 15 is 0 Å². The van der Waals surface area contributed by atoms with Crippen molar-refractivity contribution in [2.45, 2.75) is 26.7 Å². The van der Waals surface area contributed by atoms with Crippen molar-refractivity contribution in [1.82, 2.24) is 0 Å². The maximum Gasteiger partial charge on any atom is 0.159 e. The molecule has 0 aromatic heterocycles. The molecule has 0 amide bonds. The van der Waals surface area contributed by atoms with Crippen molar-refractivity contribution in [1.29, 1.82) is 0 Å². The van der Waals surface area contributed by atoms with Crippen molar-refractivity contribution >= 4 is 5.78 Å². The van der Waals surface area contributed by atoms with Crippen LogP contribution in [-0.2, 0) is 4.79 Å². The first-order chi connectivity index (χ1) is 5.08. The molecule has 0 spiro atoms. The number of rotatable bonds is 0. The van der Waals surface area contributed by atoms with Crippen molar-refractivity contribution in [3.8, 4) is 0 Å². The van der Waals surface area contributed by atoms with Crippen LogP contribution in [0.1, 0.15) is 26.7 Å². The first-order valence-corrected chi connectivity index (χ1v) is 4.31. The largest absolute Gasteiger partial charge is 0.295 e. The third-order valence-corrected chi connectivity index (χ3v) is 2.95. The molecule has 0 aliphatic heterocycles. The predicted molar refractivity (Wildman–Crippen MR) is 44.1 cm³/mol. The molecule has 2 aliphatic rings. The number of hydrogen-bond donors (Lipinski definition) is 0. The van der Waals surface area contributed by atoms with E-state index in [4.69, 9.17) is 0 Å². The molecule has 2 rings (SSSR count). The van der Waals surface area contributed by atoms with Crippen LogP contribution < -0.4 is 0 Å². The number of hydrogen-bond acceptors (Lipinski definition) is 1. The molecule has 11 heavy (non-hydrogen) atoms. The van der Waals surface area contributed by atoms with Gasteiger partial charge in [-0.3, -0.25) is 4.79 Å². The second-order valence-electron chi connectivity index (χ2n) is 4.60. The Labute approximate surface area is 67.5 Å². The fourth-order valence-corrected chi connectivity index (χ4v) is 2.47. The van der Waals surface area contributed by atoms with E-state index in [9.17, 15) is 4.79 Å². The van der Waals surface area contributed by atoms with Crippen LogP contribution >= 0.6 is 0 Å². The van der Waals surface area contributed by atoms with E-state index in [1.807, 2.05) is 0 Å². The normalized spacial score (nSPS) is 39.6. The van der Waals surface area contributed by atoms with Crippen LogP contribution in [0.4, 0.5) is 0 Å². The summed E-state index contributed by atoms with van der Waals surface area (Å²) in [6.07, 6.45) is 6.15. The summed E-state index contributed by atoms with van der Waals surface area (Å²) in [6.45, 7) is 4.51. The van der Waals surface area contributed by atoms with Crippen LogP contribution in [0.2, 0.25) is 0 Å².